The maximum atomic E-state index is 13.0. The van der Waals surface area contributed by atoms with Gasteiger partial charge in [-0.05, 0) is 62.1 Å². The molecule has 2 aliphatic heterocycles. The Morgan fingerprint density at radius 1 is 1.12 bits per heavy atom. The Labute approximate surface area is 196 Å². The van der Waals surface area contributed by atoms with E-state index in [1.54, 1.807) is 0 Å². The lowest BCUT2D eigenvalue weighted by Gasteiger charge is -2.33. The van der Waals surface area contributed by atoms with E-state index in [9.17, 15) is 4.79 Å². The van der Waals surface area contributed by atoms with Crippen molar-refractivity contribution in [3.63, 3.8) is 0 Å². The van der Waals surface area contributed by atoms with Crippen molar-refractivity contribution >= 4 is 11.9 Å². The predicted molar refractivity (Wildman–Crippen MR) is 130 cm³/mol. The molecule has 1 aromatic carbocycles. The Kier molecular flexibility index (Phi) is 6.98. The highest BCUT2D eigenvalue weighted by molar-refractivity contribution is 6.07. The predicted octanol–water partition coefficient (Wildman–Crippen LogP) is 3.38. The maximum Gasteiger partial charge on any atom is 0.254 e. The van der Waals surface area contributed by atoms with Gasteiger partial charge in [-0.2, -0.15) is 0 Å². The lowest BCUT2D eigenvalue weighted by Crippen LogP contribution is -2.48. The third-order valence-corrected chi connectivity index (χ3v) is 6.29. The minimum absolute atomic E-state index is 0.0184. The van der Waals surface area contributed by atoms with Crippen molar-refractivity contribution in [3.05, 3.63) is 59.4 Å². The summed E-state index contributed by atoms with van der Waals surface area (Å²) in [5.41, 5.74) is 2.55. The van der Waals surface area contributed by atoms with E-state index in [4.69, 9.17) is 9.73 Å². The zero-order valence-electron chi connectivity index (χ0n) is 20.2. The van der Waals surface area contributed by atoms with Crippen LogP contribution < -0.4 is 10.1 Å². The number of nitrogens with one attached hydrogen (secondary N) is 1. The number of aryl methyl sites for hydroxylation is 1. The molecular weight excluding hydrogens is 414 g/mol. The van der Waals surface area contributed by atoms with Crippen LogP contribution in [0.4, 0.5) is 0 Å². The van der Waals surface area contributed by atoms with Crippen molar-refractivity contribution in [3.8, 4) is 5.75 Å². The van der Waals surface area contributed by atoms with E-state index in [0.717, 1.165) is 48.5 Å². The van der Waals surface area contributed by atoms with Gasteiger partial charge in [0.15, 0.2) is 0 Å². The van der Waals surface area contributed by atoms with Gasteiger partial charge in [-0.3, -0.25) is 15.1 Å². The molecule has 2 aliphatic rings. The molecule has 7 nitrogen and oxygen atoms in total. The van der Waals surface area contributed by atoms with Gasteiger partial charge in [0.25, 0.3) is 5.91 Å². The average molecular weight is 450 g/mol. The van der Waals surface area contributed by atoms with Gasteiger partial charge >= 0.3 is 0 Å². The smallest absolute Gasteiger partial charge is 0.254 e. The third-order valence-electron chi connectivity index (χ3n) is 6.29. The number of aliphatic imine (C=N–C) groups is 1. The number of ether oxygens (including phenoxy) is 1. The van der Waals surface area contributed by atoms with Crippen molar-refractivity contribution in [1.82, 2.24) is 20.1 Å². The molecule has 0 radical (unpaired) electrons. The Hall–Kier alpha value is -2.93. The molecule has 2 aromatic rings. The number of piperidine rings is 1. The molecule has 4 rings (SSSR count). The Morgan fingerprint density at radius 2 is 1.85 bits per heavy atom. The van der Waals surface area contributed by atoms with Crippen LogP contribution in [0.5, 0.6) is 5.75 Å². The summed E-state index contributed by atoms with van der Waals surface area (Å²) < 4.78 is 5.82. The first-order valence-electron chi connectivity index (χ1n) is 11.8. The maximum absolute atomic E-state index is 13.0. The van der Waals surface area contributed by atoms with Gasteiger partial charge in [-0.1, -0.05) is 32.0 Å². The molecule has 33 heavy (non-hydrogen) atoms. The molecule has 3 heterocycles. The summed E-state index contributed by atoms with van der Waals surface area (Å²) in [6, 6.07) is 12.3. The third kappa shape index (κ3) is 5.71. The number of aromatic nitrogens is 1. The van der Waals surface area contributed by atoms with Crippen LogP contribution in [0.15, 0.2) is 47.6 Å². The number of rotatable bonds is 7. The highest BCUT2D eigenvalue weighted by Crippen LogP contribution is 2.30. The number of pyridine rings is 1. The molecule has 0 aliphatic carbocycles. The van der Waals surface area contributed by atoms with E-state index in [0.29, 0.717) is 31.6 Å². The molecule has 1 aromatic heterocycles. The molecule has 7 heteroatoms. The van der Waals surface area contributed by atoms with E-state index < -0.39 is 5.54 Å². The number of amides is 1. The van der Waals surface area contributed by atoms with Gasteiger partial charge in [-0.15, -0.1) is 0 Å². The molecule has 0 saturated carbocycles. The molecule has 0 unspecified atom stereocenters. The second-order valence-electron chi connectivity index (χ2n) is 9.76. The molecule has 0 bridgehead atoms. The van der Waals surface area contributed by atoms with E-state index in [-0.39, 0.29) is 5.91 Å². The number of likely N-dealkylation sites (tertiary alicyclic amines) is 1. The summed E-state index contributed by atoms with van der Waals surface area (Å²) in [7, 11) is 2.09. The number of guanidine groups is 1. The molecule has 1 N–H and O–H groups in total. The van der Waals surface area contributed by atoms with Gasteiger partial charge in [-0.25, -0.2) is 4.99 Å². The van der Waals surface area contributed by atoms with Crippen molar-refractivity contribution in [1.29, 1.82) is 0 Å². The van der Waals surface area contributed by atoms with Gasteiger partial charge in [0.1, 0.15) is 11.3 Å². The summed E-state index contributed by atoms with van der Waals surface area (Å²) >= 11 is 0. The van der Waals surface area contributed by atoms with Crippen LogP contribution in [-0.2, 0) is 17.9 Å². The van der Waals surface area contributed by atoms with Crippen LogP contribution in [0.25, 0.3) is 0 Å². The minimum Gasteiger partial charge on any atom is -0.493 e. The molecule has 1 spiro atoms. The second kappa shape index (κ2) is 9.91. The van der Waals surface area contributed by atoms with Crippen LogP contribution in [0.3, 0.4) is 0 Å². The molecule has 1 amide bonds. The Morgan fingerprint density at radius 3 is 2.48 bits per heavy atom. The summed E-state index contributed by atoms with van der Waals surface area (Å²) in [6.45, 7) is 9.95. The zero-order valence-corrected chi connectivity index (χ0v) is 20.2. The molecular formula is C26H35N5O2. The monoisotopic (exact) mass is 449 g/mol. The van der Waals surface area contributed by atoms with Gasteiger partial charge in [0, 0.05) is 25.8 Å². The number of nitrogens with zero attached hydrogens (tertiary/aromatic N) is 4. The first-order chi connectivity index (χ1) is 15.8. The standard InChI is InChI=1S/C26H35N5O2/c1-19(2)18-33-23-9-6-21(7-10-23)16-31(17-22-8-5-20(3)15-27-22)25-28-24(32)26(29-25)11-13-30(4)14-12-26/h5-10,15,19H,11-14,16-18H2,1-4H3,(H,28,29,32). The highest BCUT2D eigenvalue weighted by atomic mass is 16.5. The summed E-state index contributed by atoms with van der Waals surface area (Å²) in [5.74, 6) is 2.02. The summed E-state index contributed by atoms with van der Waals surface area (Å²) in [4.78, 5) is 26.9. The van der Waals surface area contributed by atoms with Crippen LogP contribution in [-0.4, -0.2) is 58.9 Å². The summed E-state index contributed by atoms with van der Waals surface area (Å²) in [6.07, 6.45) is 3.37. The zero-order chi connectivity index (χ0) is 23.4. The fourth-order valence-corrected chi connectivity index (χ4v) is 4.14. The lowest BCUT2D eigenvalue weighted by atomic mass is 9.88. The van der Waals surface area contributed by atoms with Crippen molar-refractivity contribution in [2.75, 3.05) is 26.7 Å². The first-order valence-corrected chi connectivity index (χ1v) is 11.8. The quantitative estimate of drug-likeness (QED) is 0.702. The van der Waals surface area contributed by atoms with E-state index in [2.05, 4.69) is 59.2 Å². The molecule has 176 valence electrons. The molecule has 1 fully saturated rings. The fraction of sp³-hybridized carbons (Fsp3) is 0.500. The van der Waals surface area contributed by atoms with E-state index in [1.807, 2.05) is 31.3 Å². The van der Waals surface area contributed by atoms with E-state index >= 15 is 0 Å². The number of benzene rings is 1. The Balaban J connectivity index is 1.55. The molecule has 1 saturated heterocycles. The molecule has 0 atom stereocenters. The SMILES string of the molecule is Cc1ccc(CN(Cc2ccc(OCC(C)C)cc2)C2=NC3(CCN(C)CC3)C(=O)N2)nc1. The van der Waals surface area contributed by atoms with Crippen LogP contribution in [0.1, 0.15) is 43.5 Å². The Bertz CT molecular complexity index is 977. The topological polar surface area (TPSA) is 70.1 Å². The fourth-order valence-electron chi connectivity index (χ4n) is 4.14. The van der Waals surface area contributed by atoms with Gasteiger partial charge in [0.2, 0.25) is 5.96 Å². The summed E-state index contributed by atoms with van der Waals surface area (Å²) in [5, 5.41) is 3.09. The van der Waals surface area contributed by atoms with Crippen molar-refractivity contribution < 1.29 is 9.53 Å². The largest absolute Gasteiger partial charge is 0.493 e. The second-order valence-corrected chi connectivity index (χ2v) is 9.76. The lowest BCUT2D eigenvalue weighted by molar-refractivity contribution is -0.125. The van der Waals surface area contributed by atoms with Crippen LogP contribution in [0, 0.1) is 12.8 Å². The van der Waals surface area contributed by atoms with E-state index in [1.165, 1.54) is 0 Å². The normalized spacial score (nSPS) is 17.8. The number of carbonyl (C=O) groups excluding carboxylic acids is 1. The number of hydrogen-bond acceptors (Lipinski definition) is 6. The van der Waals surface area contributed by atoms with Crippen molar-refractivity contribution in [2.24, 2.45) is 10.9 Å². The number of carbonyl (C=O) groups is 1. The average Bonchev–Trinajstić information content (AvgIpc) is 3.12. The first kappa shape index (κ1) is 23.2. The van der Waals surface area contributed by atoms with Gasteiger partial charge in [0.05, 0.1) is 18.8 Å². The number of hydrogen-bond donors (Lipinski definition) is 1. The minimum atomic E-state index is -0.644. The van der Waals surface area contributed by atoms with Crippen LogP contribution >= 0.6 is 0 Å². The highest BCUT2D eigenvalue weighted by Gasteiger charge is 2.46. The van der Waals surface area contributed by atoms with Crippen molar-refractivity contribution in [2.45, 2.75) is 52.2 Å². The van der Waals surface area contributed by atoms with Gasteiger partial charge < -0.3 is 14.5 Å². The van der Waals surface area contributed by atoms with Crippen LogP contribution in [0.2, 0.25) is 0 Å².